The van der Waals surface area contributed by atoms with Crippen molar-refractivity contribution in [3.63, 3.8) is 0 Å². The Hall–Kier alpha value is -2.03. The third kappa shape index (κ3) is 2.23. The number of rotatable bonds is 2. The van der Waals surface area contributed by atoms with Gasteiger partial charge in [0.15, 0.2) is 5.82 Å². The molecule has 0 atom stereocenters. The smallest absolute Gasteiger partial charge is 0.155 e. The highest BCUT2D eigenvalue weighted by Gasteiger charge is 1.86. The maximum absolute atomic E-state index is 4.20. The van der Waals surface area contributed by atoms with Gasteiger partial charge < -0.3 is 0 Å². The maximum Gasteiger partial charge on any atom is 0.155 e. The van der Waals surface area contributed by atoms with E-state index in [0.717, 1.165) is 5.56 Å². The molecular weight excluding hydrogens is 174 g/mol. The van der Waals surface area contributed by atoms with E-state index in [1.807, 2.05) is 30.3 Å². The molecule has 3 nitrogen and oxygen atoms in total. The molecule has 68 valence electrons. The third-order valence-electron chi connectivity index (χ3n) is 1.71. The minimum Gasteiger partial charge on any atom is -0.245 e. The molecule has 0 saturated heterocycles. The van der Waals surface area contributed by atoms with E-state index in [4.69, 9.17) is 0 Å². The molecule has 2 rings (SSSR count). The third-order valence-corrected chi connectivity index (χ3v) is 1.71. The van der Waals surface area contributed by atoms with Crippen LogP contribution in [-0.2, 0) is 0 Å². The lowest BCUT2D eigenvalue weighted by atomic mass is 10.2. The largest absolute Gasteiger partial charge is 0.245 e. The van der Waals surface area contributed by atoms with E-state index in [9.17, 15) is 0 Å². The average Bonchev–Trinajstić information content (AvgIpc) is 2.29. The fourth-order valence-electron chi connectivity index (χ4n) is 1.04. The summed E-state index contributed by atoms with van der Waals surface area (Å²) in [7, 11) is 0. The van der Waals surface area contributed by atoms with Crippen LogP contribution in [0.3, 0.4) is 0 Å². The minimum absolute atomic E-state index is 0.670. The van der Waals surface area contributed by atoms with E-state index in [1.165, 1.54) is 6.33 Å². The average molecular weight is 183 g/mol. The molecule has 0 bridgehead atoms. The quantitative estimate of drug-likeness (QED) is 0.669. The van der Waals surface area contributed by atoms with Crippen LogP contribution in [-0.4, -0.2) is 16.2 Å². The monoisotopic (exact) mass is 183 g/mol. The molecule has 1 heterocycles. The van der Waals surface area contributed by atoms with Crippen LogP contribution < -0.4 is 0 Å². The van der Waals surface area contributed by atoms with Crippen molar-refractivity contribution < 1.29 is 0 Å². The van der Waals surface area contributed by atoms with Crippen molar-refractivity contribution in [2.24, 2.45) is 4.99 Å². The van der Waals surface area contributed by atoms with Crippen molar-refractivity contribution in [2.45, 2.75) is 0 Å². The molecule has 0 saturated carbocycles. The summed E-state index contributed by atoms with van der Waals surface area (Å²) < 4.78 is 0. The van der Waals surface area contributed by atoms with Crippen LogP contribution in [0.5, 0.6) is 0 Å². The van der Waals surface area contributed by atoms with Gasteiger partial charge in [-0.2, -0.15) is 0 Å². The highest BCUT2D eigenvalue weighted by Crippen LogP contribution is 2.03. The molecular formula is C11H9N3. The zero-order chi connectivity index (χ0) is 9.64. The first kappa shape index (κ1) is 8.56. The molecule has 0 aliphatic heterocycles. The lowest BCUT2D eigenvalue weighted by Crippen LogP contribution is -1.80. The number of hydrogen-bond donors (Lipinski definition) is 0. The van der Waals surface area contributed by atoms with Crippen LogP contribution >= 0.6 is 0 Å². The van der Waals surface area contributed by atoms with Crippen LogP contribution in [0.25, 0.3) is 0 Å². The Balaban J connectivity index is 2.16. The van der Waals surface area contributed by atoms with E-state index in [-0.39, 0.29) is 0 Å². The van der Waals surface area contributed by atoms with E-state index in [2.05, 4.69) is 15.0 Å². The van der Waals surface area contributed by atoms with Crippen molar-refractivity contribution in [2.75, 3.05) is 0 Å². The van der Waals surface area contributed by atoms with E-state index in [1.54, 1.807) is 18.5 Å². The van der Waals surface area contributed by atoms with E-state index in [0.29, 0.717) is 5.82 Å². The highest BCUT2D eigenvalue weighted by molar-refractivity contribution is 5.81. The molecule has 1 aromatic carbocycles. The van der Waals surface area contributed by atoms with Crippen LogP contribution in [0.15, 0.2) is 53.9 Å². The van der Waals surface area contributed by atoms with Gasteiger partial charge in [-0.15, -0.1) is 0 Å². The van der Waals surface area contributed by atoms with Crippen molar-refractivity contribution in [1.29, 1.82) is 0 Å². The normalized spacial score (nSPS) is 10.6. The number of aromatic nitrogens is 2. The summed E-state index contributed by atoms with van der Waals surface area (Å²) in [6.45, 7) is 0. The number of nitrogens with zero attached hydrogens (tertiary/aromatic N) is 3. The second kappa shape index (κ2) is 4.28. The fraction of sp³-hybridized carbons (Fsp3) is 0. The van der Waals surface area contributed by atoms with Crippen LogP contribution in [0.1, 0.15) is 5.56 Å². The first-order chi connectivity index (χ1) is 6.95. The minimum atomic E-state index is 0.670. The molecule has 1 aromatic heterocycles. The molecule has 0 N–H and O–H groups in total. The molecule has 0 fully saturated rings. The zero-order valence-corrected chi connectivity index (χ0v) is 7.54. The second-order valence-corrected chi connectivity index (χ2v) is 2.74. The summed E-state index contributed by atoms with van der Waals surface area (Å²) in [6, 6.07) is 11.7. The van der Waals surface area contributed by atoms with Gasteiger partial charge in [0, 0.05) is 18.5 Å². The van der Waals surface area contributed by atoms with Crippen molar-refractivity contribution in [3.05, 3.63) is 54.5 Å². The lowest BCUT2D eigenvalue weighted by molar-refractivity contribution is 1.15. The molecule has 14 heavy (non-hydrogen) atoms. The van der Waals surface area contributed by atoms with Gasteiger partial charge in [0.1, 0.15) is 6.33 Å². The van der Waals surface area contributed by atoms with Gasteiger partial charge in [0.05, 0.1) is 0 Å². The first-order valence-electron chi connectivity index (χ1n) is 4.30. The Morgan fingerprint density at radius 3 is 2.64 bits per heavy atom. The zero-order valence-electron chi connectivity index (χ0n) is 7.54. The molecule has 0 radical (unpaired) electrons. The predicted molar refractivity (Wildman–Crippen MR) is 55.7 cm³/mol. The van der Waals surface area contributed by atoms with Gasteiger partial charge in [0.25, 0.3) is 0 Å². The molecule has 2 aromatic rings. The first-order valence-corrected chi connectivity index (χ1v) is 4.30. The Morgan fingerprint density at radius 2 is 1.93 bits per heavy atom. The number of hydrogen-bond acceptors (Lipinski definition) is 3. The summed E-state index contributed by atoms with van der Waals surface area (Å²) in [5, 5.41) is 0. The Labute approximate surface area is 82.2 Å². The van der Waals surface area contributed by atoms with E-state index >= 15 is 0 Å². The standard InChI is InChI=1S/C11H9N3/c1-2-4-10(5-3-1)8-13-11-6-7-12-9-14-11/h1-9H. The van der Waals surface area contributed by atoms with Gasteiger partial charge in [-0.3, -0.25) is 0 Å². The predicted octanol–water partition coefficient (Wildman–Crippen LogP) is 2.23. The maximum atomic E-state index is 4.20. The van der Waals surface area contributed by atoms with Crippen LogP contribution in [0.4, 0.5) is 5.82 Å². The van der Waals surface area contributed by atoms with Gasteiger partial charge in [0.2, 0.25) is 0 Å². The summed E-state index contributed by atoms with van der Waals surface area (Å²) in [4.78, 5) is 12.0. The molecule has 0 unspecified atom stereocenters. The Bertz CT molecular complexity index is 368. The Morgan fingerprint density at radius 1 is 1.07 bits per heavy atom. The summed E-state index contributed by atoms with van der Waals surface area (Å²) in [5.41, 5.74) is 1.06. The number of benzene rings is 1. The molecule has 0 amide bonds. The molecule has 0 aliphatic carbocycles. The van der Waals surface area contributed by atoms with Gasteiger partial charge >= 0.3 is 0 Å². The summed E-state index contributed by atoms with van der Waals surface area (Å²) in [5.74, 6) is 0.670. The Kier molecular flexibility index (Phi) is 2.62. The van der Waals surface area contributed by atoms with Gasteiger partial charge in [-0.1, -0.05) is 30.3 Å². The van der Waals surface area contributed by atoms with Crippen LogP contribution in [0.2, 0.25) is 0 Å². The van der Waals surface area contributed by atoms with Crippen LogP contribution in [0, 0.1) is 0 Å². The lowest BCUT2D eigenvalue weighted by Gasteiger charge is -1.91. The van der Waals surface area contributed by atoms with Crippen molar-refractivity contribution in [1.82, 2.24) is 9.97 Å². The topological polar surface area (TPSA) is 38.1 Å². The summed E-state index contributed by atoms with van der Waals surface area (Å²) >= 11 is 0. The molecule has 3 heteroatoms. The SMILES string of the molecule is C(=Nc1ccncn1)c1ccccc1. The summed E-state index contributed by atoms with van der Waals surface area (Å²) in [6.07, 6.45) is 4.94. The fourth-order valence-corrected chi connectivity index (χ4v) is 1.04. The second-order valence-electron chi connectivity index (χ2n) is 2.74. The highest BCUT2D eigenvalue weighted by atomic mass is 14.9. The molecule has 0 aliphatic rings. The van der Waals surface area contributed by atoms with Gasteiger partial charge in [-0.05, 0) is 5.56 Å². The van der Waals surface area contributed by atoms with E-state index < -0.39 is 0 Å². The molecule has 0 spiro atoms. The van der Waals surface area contributed by atoms with Crippen molar-refractivity contribution >= 4 is 12.0 Å². The van der Waals surface area contributed by atoms with Gasteiger partial charge in [-0.25, -0.2) is 15.0 Å². The number of aliphatic imine (C=N–C) groups is 1. The van der Waals surface area contributed by atoms with Crippen molar-refractivity contribution in [3.8, 4) is 0 Å².